The minimum absolute atomic E-state index is 0.0125. The number of nitrogen functional groups attached to an aromatic ring is 1. The molecule has 3 N–H and O–H groups in total. The Hall–Kier alpha value is -1.18. The minimum Gasteiger partial charge on any atom is -0.383 e. The van der Waals surface area contributed by atoms with Gasteiger partial charge >= 0.3 is 0 Å². The van der Waals surface area contributed by atoms with Crippen molar-refractivity contribution in [2.75, 3.05) is 12.3 Å². The zero-order chi connectivity index (χ0) is 15.0. The quantitative estimate of drug-likeness (QED) is 0.850. The van der Waals surface area contributed by atoms with Gasteiger partial charge in [0.15, 0.2) is 0 Å². The van der Waals surface area contributed by atoms with E-state index in [1.807, 2.05) is 20.8 Å². The lowest BCUT2D eigenvalue weighted by Crippen LogP contribution is -2.61. The third-order valence-electron chi connectivity index (χ3n) is 3.93. The summed E-state index contributed by atoms with van der Waals surface area (Å²) in [5.41, 5.74) is 5.39. The first-order valence-corrected chi connectivity index (χ1v) is 8.11. The monoisotopic (exact) mass is 299 g/mol. The van der Waals surface area contributed by atoms with Gasteiger partial charge < -0.3 is 10.5 Å². The maximum Gasteiger partial charge on any atom is 0.244 e. The van der Waals surface area contributed by atoms with Gasteiger partial charge in [0.2, 0.25) is 10.0 Å². The van der Waals surface area contributed by atoms with E-state index in [2.05, 4.69) is 9.71 Å². The van der Waals surface area contributed by atoms with Crippen LogP contribution in [0.15, 0.2) is 23.2 Å². The molecule has 2 unspecified atom stereocenters. The van der Waals surface area contributed by atoms with Crippen LogP contribution >= 0.6 is 0 Å². The number of nitrogens with two attached hydrogens (primary N) is 1. The molecule has 2 atom stereocenters. The van der Waals surface area contributed by atoms with Gasteiger partial charge in [-0.05, 0) is 25.5 Å². The van der Waals surface area contributed by atoms with Crippen molar-refractivity contribution in [3.8, 4) is 0 Å². The summed E-state index contributed by atoms with van der Waals surface area (Å²) in [4.78, 5) is 3.83. The number of hydrogen-bond acceptors (Lipinski definition) is 5. The summed E-state index contributed by atoms with van der Waals surface area (Å²) in [6, 6.07) is 2.85. The van der Waals surface area contributed by atoms with E-state index in [1.165, 1.54) is 12.3 Å². The van der Waals surface area contributed by atoms with Crippen LogP contribution in [0.5, 0.6) is 0 Å². The first-order valence-electron chi connectivity index (χ1n) is 6.63. The van der Waals surface area contributed by atoms with Gasteiger partial charge in [-0.1, -0.05) is 13.8 Å². The molecule has 0 radical (unpaired) electrons. The third kappa shape index (κ3) is 2.65. The maximum atomic E-state index is 12.3. The molecule has 20 heavy (non-hydrogen) atoms. The lowest BCUT2D eigenvalue weighted by molar-refractivity contribution is -0.108. The predicted octanol–water partition coefficient (Wildman–Crippen LogP) is 1.15. The van der Waals surface area contributed by atoms with Crippen LogP contribution in [0.1, 0.15) is 27.2 Å². The molecule has 7 heteroatoms. The Morgan fingerprint density at radius 1 is 1.55 bits per heavy atom. The van der Waals surface area contributed by atoms with Crippen molar-refractivity contribution in [2.45, 2.75) is 44.2 Å². The lowest BCUT2D eigenvalue weighted by atomic mass is 9.65. The van der Waals surface area contributed by atoms with Crippen LogP contribution < -0.4 is 10.5 Å². The summed E-state index contributed by atoms with van der Waals surface area (Å²) >= 11 is 0. The largest absolute Gasteiger partial charge is 0.383 e. The topological polar surface area (TPSA) is 94.3 Å². The summed E-state index contributed by atoms with van der Waals surface area (Å²) in [7, 11) is -3.65. The van der Waals surface area contributed by atoms with Crippen molar-refractivity contribution >= 4 is 15.8 Å². The zero-order valence-corrected chi connectivity index (χ0v) is 12.8. The van der Waals surface area contributed by atoms with Crippen LogP contribution in [0.2, 0.25) is 0 Å². The van der Waals surface area contributed by atoms with E-state index >= 15 is 0 Å². The molecule has 1 fully saturated rings. The van der Waals surface area contributed by atoms with Gasteiger partial charge in [-0.15, -0.1) is 0 Å². The Kier molecular flexibility index (Phi) is 4.04. The maximum absolute atomic E-state index is 12.3. The summed E-state index contributed by atoms with van der Waals surface area (Å²) < 4.78 is 33.0. The zero-order valence-electron chi connectivity index (χ0n) is 12.0. The molecule has 1 aliphatic rings. The van der Waals surface area contributed by atoms with Gasteiger partial charge in [0.05, 0.1) is 6.10 Å². The molecule has 2 rings (SSSR count). The Morgan fingerprint density at radius 3 is 2.80 bits per heavy atom. The summed E-state index contributed by atoms with van der Waals surface area (Å²) in [5, 5.41) is 0. The average molecular weight is 299 g/mol. The predicted molar refractivity (Wildman–Crippen MR) is 76.6 cm³/mol. The minimum atomic E-state index is -3.65. The van der Waals surface area contributed by atoms with E-state index in [9.17, 15) is 8.42 Å². The summed E-state index contributed by atoms with van der Waals surface area (Å²) in [6.07, 6.45) is 2.21. The van der Waals surface area contributed by atoms with Crippen molar-refractivity contribution in [1.29, 1.82) is 0 Å². The molecule has 0 aliphatic heterocycles. The number of nitrogens with one attached hydrogen (secondary N) is 1. The molecule has 112 valence electrons. The van der Waals surface area contributed by atoms with Crippen LogP contribution in [0, 0.1) is 5.41 Å². The van der Waals surface area contributed by atoms with Crippen molar-refractivity contribution in [3.05, 3.63) is 18.3 Å². The second-order valence-electron chi connectivity index (χ2n) is 5.56. The fourth-order valence-corrected chi connectivity index (χ4v) is 3.94. The number of aromatic nitrogens is 1. The number of nitrogens with zero attached hydrogens (tertiary/aromatic N) is 1. The van der Waals surface area contributed by atoms with E-state index < -0.39 is 10.0 Å². The number of pyridine rings is 1. The number of hydrogen-bond donors (Lipinski definition) is 2. The van der Waals surface area contributed by atoms with Crippen LogP contribution in [0.4, 0.5) is 5.82 Å². The standard InChI is InChI=1S/C13H21N3O3S/c1-4-19-11-8-10(13(11,2)3)16-20(17,18)9-6-5-7-15-12(9)14/h5-7,10-11,16H,4,8H2,1-3H3,(H2,14,15). The molecule has 0 aromatic carbocycles. The smallest absolute Gasteiger partial charge is 0.244 e. The number of sulfonamides is 1. The van der Waals surface area contributed by atoms with Crippen LogP contribution in [0.3, 0.4) is 0 Å². The fourth-order valence-electron chi connectivity index (χ4n) is 2.45. The van der Waals surface area contributed by atoms with Crippen LogP contribution in [-0.2, 0) is 14.8 Å². The van der Waals surface area contributed by atoms with E-state index in [4.69, 9.17) is 10.5 Å². The number of anilines is 1. The molecule has 0 saturated heterocycles. The van der Waals surface area contributed by atoms with Gasteiger partial charge in [-0.3, -0.25) is 0 Å². The Labute approximate surface area is 119 Å². The number of ether oxygens (including phenoxy) is 1. The highest BCUT2D eigenvalue weighted by Gasteiger charge is 2.50. The Balaban J connectivity index is 2.14. The van der Waals surface area contributed by atoms with Gasteiger partial charge in [-0.2, -0.15) is 0 Å². The second-order valence-corrected chi connectivity index (χ2v) is 7.24. The normalized spacial score (nSPS) is 25.1. The summed E-state index contributed by atoms with van der Waals surface area (Å²) in [6.45, 7) is 6.56. The fraction of sp³-hybridized carbons (Fsp3) is 0.615. The van der Waals surface area contributed by atoms with E-state index in [-0.39, 0.29) is 28.3 Å². The third-order valence-corrected chi connectivity index (χ3v) is 5.45. The molecule has 6 nitrogen and oxygen atoms in total. The first-order chi connectivity index (χ1) is 9.29. The first kappa shape index (κ1) is 15.2. The van der Waals surface area contributed by atoms with E-state index in [0.29, 0.717) is 13.0 Å². The van der Waals surface area contributed by atoms with Crippen molar-refractivity contribution < 1.29 is 13.2 Å². The van der Waals surface area contributed by atoms with Gasteiger partial charge in [0, 0.05) is 24.3 Å². The van der Waals surface area contributed by atoms with E-state index in [0.717, 1.165) is 0 Å². The molecule has 0 bridgehead atoms. The number of rotatable bonds is 5. The highest BCUT2D eigenvalue weighted by Crippen LogP contribution is 2.43. The Morgan fingerprint density at radius 2 is 2.25 bits per heavy atom. The highest BCUT2D eigenvalue weighted by molar-refractivity contribution is 7.89. The average Bonchev–Trinajstić information content (AvgIpc) is 2.38. The van der Waals surface area contributed by atoms with E-state index in [1.54, 1.807) is 6.07 Å². The summed E-state index contributed by atoms with van der Waals surface area (Å²) in [5.74, 6) is 0.0125. The molecular formula is C13H21N3O3S. The van der Waals surface area contributed by atoms with Gasteiger partial charge in [0.25, 0.3) is 0 Å². The van der Waals surface area contributed by atoms with Crippen LogP contribution in [0.25, 0.3) is 0 Å². The van der Waals surface area contributed by atoms with Gasteiger partial charge in [0.1, 0.15) is 10.7 Å². The highest BCUT2D eigenvalue weighted by atomic mass is 32.2. The molecule has 1 aromatic rings. The molecule has 0 spiro atoms. The van der Waals surface area contributed by atoms with Crippen molar-refractivity contribution in [1.82, 2.24) is 9.71 Å². The Bertz CT molecular complexity index is 586. The molecule has 0 amide bonds. The molecular weight excluding hydrogens is 278 g/mol. The van der Waals surface area contributed by atoms with Crippen molar-refractivity contribution in [3.63, 3.8) is 0 Å². The van der Waals surface area contributed by atoms with Crippen molar-refractivity contribution in [2.24, 2.45) is 5.41 Å². The molecule has 1 heterocycles. The second kappa shape index (κ2) is 5.31. The lowest BCUT2D eigenvalue weighted by Gasteiger charge is -2.51. The SMILES string of the molecule is CCOC1CC(NS(=O)(=O)c2cccnc2N)C1(C)C. The molecule has 1 saturated carbocycles. The molecule has 1 aromatic heterocycles. The van der Waals surface area contributed by atoms with Gasteiger partial charge in [-0.25, -0.2) is 18.1 Å². The molecule has 1 aliphatic carbocycles. The van der Waals surface area contributed by atoms with Crippen LogP contribution in [-0.4, -0.2) is 32.2 Å².